The molecule has 9 nitrogen and oxygen atoms in total. The highest BCUT2D eigenvalue weighted by atomic mass is 79.9. The number of nitrogens with zero attached hydrogens (tertiary/aromatic N) is 1. The number of imide groups is 2. The van der Waals surface area contributed by atoms with Crippen molar-refractivity contribution in [1.82, 2.24) is 10.2 Å². The molecule has 0 spiro atoms. The molecule has 2 N–H and O–H groups in total. The van der Waals surface area contributed by atoms with Gasteiger partial charge in [0.1, 0.15) is 17.1 Å². The Bertz CT molecular complexity index is 1270. The van der Waals surface area contributed by atoms with E-state index in [-0.39, 0.29) is 24.6 Å². The van der Waals surface area contributed by atoms with Crippen molar-refractivity contribution in [3.63, 3.8) is 0 Å². The van der Waals surface area contributed by atoms with Crippen LogP contribution in [0.5, 0.6) is 5.75 Å². The van der Waals surface area contributed by atoms with Gasteiger partial charge in [0.2, 0.25) is 0 Å². The van der Waals surface area contributed by atoms with Gasteiger partial charge in [-0.05, 0) is 64.0 Å². The lowest BCUT2D eigenvalue weighted by Gasteiger charge is -2.25. The Morgan fingerprint density at radius 2 is 1.88 bits per heavy atom. The number of carbonyl (C=O) groups excluding carboxylic acids is 4. The van der Waals surface area contributed by atoms with E-state index in [1.165, 1.54) is 12.3 Å². The topological polar surface area (TPSA) is 118 Å². The highest BCUT2D eigenvalue weighted by molar-refractivity contribution is 9.10. The normalized spacial score (nSPS) is 14.8. The summed E-state index contributed by atoms with van der Waals surface area (Å²) in [6.45, 7) is -0.317. The zero-order valence-electron chi connectivity index (χ0n) is 17.6. The smallest absolute Gasteiger partial charge is 0.331 e. The molecule has 0 bridgehead atoms. The molecule has 0 aliphatic carbocycles. The Labute approximate surface area is 202 Å². The van der Waals surface area contributed by atoms with Crippen molar-refractivity contribution in [2.24, 2.45) is 0 Å². The third-order valence-electron chi connectivity index (χ3n) is 4.76. The average molecular weight is 524 g/mol. The number of nitrogens with one attached hydrogen (secondary N) is 2. The minimum atomic E-state index is -0.817. The van der Waals surface area contributed by atoms with Gasteiger partial charge in [0.15, 0.2) is 6.61 Å². The first kappa shape index (κ1) is 23.0. The van der Waals surface area contributed by atoms with Gasteiger partial charge in [0, 0.05) is 5.69 Å². The molecule has 4 rings (SSSR count). The Morgan fingerprint density at radius 3 is 2.59 bits per heavy atom. The lowest BCUT2D eigenvalue weighted by Crippen LogP contribution is -2.53. The summed E-state index contributed by atoms with van der Waals surface area (Å²) in [5, 5.41) is 4.88. The Morgan fingerprint density at radius 1 is 1.09 bits per heavy atom. The third kappa shape index (κ3) is 5.41. The molecule has 3 aromatic rings. The number of hydrogen-bond acceptors (Lipinski definition) is 6. The van der Waals surface area contributed by atoms with Gasteiger partial charge in [-0.2, -0.15) is 0 Å². The number of benzene rings is 2. The van der Waals surface area contributed by atoms with E-state index in [1.807, 2.05) is 18.2 Å². The number of ether oxygens (including phenoxy) is 1. The molecule has 1 aliphatic heterocycles. The highest BCUT2D eigenvalue weighted by Gasteiger charge is 2.36. The minimum absolute atomic E-state index is 0.107. The van der Waals surface area contributed by atoms with Crippen LogP contribution in [-0.2, 0) is 20.9 Å². The first-order valence-corrected chi connectivity index (χ1v) is 10.9. The van der Waals surface area contributed by atoms with Gasteiger partial charge in [-0.1, -0.05) is 24.3 Å². The van der Waals surface area contributed by atoms with Gasteiger partial charge in [-0.15, -0.1) is 0 Å². The van der Waals surface area contributed by atoms with Crippen LogP contribution in [0.3, 0.4) is 0 Å². The molecule has 1 aliphatic rings. The van der Waals surface area contributed by atoms with E-state index >= 15 is 0 Å². The van der Waals surface area contributed by atoms with Gasteiger partial charge < -0.3 is 14.5 Å². The highest BCUT2D eigenvalue weighted by Crippen LogP contribution is 2.28. The molecule has 34 heavy (non-hydrogen) atoms. The fourth-order valence-electron chi connectivity index (χ4n) is 3.15. The van der Waals surface area contributed by atoms with Crippen LogP contribution in [-0.4, -0.2) is 35.3 Å². The van der Waals surface area contributed by atoms with E-state index in [0.717, 1.165) is 4.90 Å². The van der Waals surface area contributed by atoms with Crippen LogP contribution in [0.15, 0.2) is 81.4 Å². The van der Waals surface area contributed by atoms with Crippen molar-refractivity contribution in [3.8, 4) is 5.75 Å². The molecule has 2 heterocycles. The summed E-state index contributed by atoms with van der Waals surface area (Å²) in [6, 6.07) is 16.3. The van der Waals surface area contributed by atoms with Crippen molar-refractivity contribution >= 4 is 51.4 Å². The maximum atomic E-state index is 12.8. The van der Waals surface area contributed by atoms with E-state index in [2.05, 4.69) is 26.6 Å². The van der Waals surface area contributed by atoms with Gasteiger partial charge in [-0.3, -0.25) is 24.6 Å². The second-order valence-corrected chi connectivity index (χ2v) is 8.04. The number of furan rings is 1. The Kier molecular flexibility index (Phi) is 6.88. The number of para-hydroxylation sites is 1. The number of urea groups is 1. The second kappa shape index (κ2) is 10.2. The van der Waals surface area contributed by atoms with E-state index in [9.17, 15) is 19.2 Å². The summed E-state index contributed by atoms with van der Waals surface area (Å²) in [7, 11) is 0. The molecule has 1 saturated heterocycles. The molecule has 0 atom stereocenters. The van der Waals surface area contributed by atoms with Crippen molar-refractivity contribution < 1.29 is 28.3 Å². The van der Waals surface area contributed by atoms with Gasteiger partial charge >= 0.3 is 6.03 Å². The van der Waals surface area contributed by atoms with Gasteiger partial charge in [-0.25, -0.2) is 4.79 Å². The number of halogens is 1. The predicted octanol–water partition coefficient (Wildman–Crippen LogP) is 3.72. The molecule has 0 saturated carbocycles. The Hall–Kier alpha value is -4.18. The van der Waals surface area contributed by atoms with Crippen LogP contribution >= 0.6 is 15.9 Å². The van der Waals surface area contributed by atoms with Gasteiger partial charge in [0.25, 0.3) is 17.7 Å². The summed E-state index contributed by atoms with van der Waals surface area (Å²) in [5.41, 5.74) is 0.972. The molecular weight excluding hydrogens is 506 g/mol. The summed E-state index contributed by atoms with van der Waals surface area (Å²) in [5.74, 6) is -1.05. The number of hydrogen-bond donors (Lipinski definition) is 2. The summed E-state index contributed by atoms with van der Waals surface area (Å²) >= 11 is 3.37. The molecular formula is C24H18BrN3O6. The minimum Gasteiger partial charge on any atom is -0.483 e. The number of carbonyl (C=O) groups is 4. The number of rotatable bonds is 7. The van der Waals surface area contributed by atoms with Crippen LogP contribution in [0.2, 0.25) is 0 Å². The first-order valence-electron chi connectivity index (χ1n) is 10.1. The predicted molar refractivity (Wildman–Crippen MR) is 125 cm³/mol. The summed E-state index contributed by atoms with van der Waals surface area (Å²) < 4.78 is 11.3. The standard InChI is InChI=1S/C24H18BrN3O6/c25-19-12-15(8-9-20(19)34-14-21(29)26-16-5-2-1-3-6-16)11-18-22(30)27-24(32)28(23(18)31)13-17-7-4-10-33-17/h1-12H,13-14H2,(H,26,29)(H,27,30,32)/b18-11+. The molecule has 172 valence electrons. The molecule has 10 heteroatoms. The van der Waals surface area contributed by atoms with Crippen LogP contribution in [0, 0.1) is 0 Å². The van der Waals surface area contributed by atoms with Crippen molar-refractivity contribution in [2.45, 2.75) is 6.54 Å². The molecule has 0 unspecified atom stereocenters. The summed E-state index contributed by atoms with van der Waals surface area (Å²) in [4.78, 5) is 50.2. The number of amides is 5. The SMILES string of the molecule is O=C(COc1ccc(/C=C2\C(=O)NC(=O)N(Cc3ccco3)C2=O)cc1Br)Nc1ccccc1. The third-order valence-corrected chi connectivity index (χ3v) is 5.38. The fourth-order valence-corrected chi connectivity index (χ4v) is 3.66. The molecule has 1 aromatic heterocycles. The number of barbiturate groups is 1. The maximum absolute atomic E-state index is 12.8. The van der Waals surface area contributed by atoms with Crippen LogP contribution in [0.25, 0.3) is 6.08 Å². The zero-order chi connectivity index (χ0) is 24.1. The maximum Gasteiger partial charge on any atom is 0.331 e. The van der Waals surface area contributed by atoms with Gasteiger partial charge in [0.05, 0.1) is 17.3 Å². The molecule has 0 radical (unpaired) electrons. The number of anilines is 1. The first-order chi connectivity index (χ1) is 16.4. The second-order valence-electron chi connectivity index (χ2n) is 7.18. The Balaban J connectivity index is 1.44. The van der Waals surface area contributed by atoms with Crippen LogP contribution < -0.4 is 15.4 Å². The fraction of sp³-hybridized carbons (Fsp3) is 0.0833. The average Bonchev–Trinajstić information content (AvgIpc) is 3.33. The molecule has 5 amide bonds. The molecule has 2 aromatic carbocycles. The van der Waals surface area contributed by atoms with Crippen molar-refractivity contribution in [2.75, 3.05) is 11.9 Å². The lowest BCUT2D eigenvalue weighted by atomic mass is 10.1. The largest absolute Gasteiger partial charge is 0.483 e. The van der Waals surface area contributed by atoms with Crippen LogP contribution in [0.4, 0.5) is 10.5 Å². The van der Waals surface area contributed by atoms with Crippen LogP contribution in [0.1, 0.15) is 11.3 Å². The van der Waals surface area contributed by atoms with E-state index in [0.29, 0.717) is 27.2 Å². The van der Waals surface area contributed by atoms with E-state index < -0.39 is 17.8 Å². The van der Waals surface area contributed by atoms with Crippen molar-refractivity contribution in [1.29, 1.82) is 0 Å². The lowest BCUT2D eigenvalue weighted by molar-refractivity contribution is -0.130. The summed E-state index contributed by atoms with van der Waals surface area (Å²) in [6.07, 6.45) is 2.80. The quantitative estimate of drug-likeness (QED) is 0.360. The van der Waals surface area contributed by atoms with E-state index in [4.69, 9.17) is 9.15 Å². The zero-order valence-corrected chi connectivity index (χ0v) is 19.2. The molecule has 1 fully saturated rings. The monoisotopic (exact) mass is 523 g/mol. The van der Waals surface area contributed by atoms with Crippen molar-refractivity contribution in [3.05, 3.63) is 88.3 Å². The van der Waals surface area contributed by atoms with E-state index in [1.54, 1.807) is 42.5 Å².